The first kappa shape index (κ1) is 43.5. The van der Waals surface area contributed by atoms with E-state index in [1.807, 2.05) is 27.7 Å². The van der Waals surface area contributed by atoms with Crippen molar-refractivity contribution < 1.29 is 19.1 Å². The van der Waals surface area contributed by atoms with Gasteiger partial charge in [-0.25, -0.2) is 9.59 Å². The number of carbonyl (C=O) groups is 2. The smallest absolute Gasteiger partial charge is 0.345 e. The van der Waals surface area contributed by atoms with Gasteiger partial charge in [-0.3, -0.25) is 0 Å². The van der Waals surface area contributed by atoms with Crippen molar-refractivity contribution in [1.29, 1.82) is 21.0 Å². The third-order valence-electron chi connectivity index (χ3n) is 6.66. The van der Waals surface area contributed by atoms with Crippen molar-refractivity contribution in [2.24, 2.45) is 0 Å². The van der Waals surface area contributed by atoms with Crippen LogP contribution in [0.15, 0.2) is 80.5 Å². The van der Waals surface area contributed by atoms with Crippen LogP contribution in [-0.4, -0.2) is 25.2 Å². The number of nitriles is 4. The van der Waals surface area contributed by atoms with Crippen LogP contribution in [0.1, 0.15) is 55.4 Å². The molecule has 4 aliphatic heterocycles. The molecule has 0 aromatic heterocycles. The fraction of sp³-hybridized carbons (Fsp3) is 0.278. The zero-order chi connectivity index (χ0) is 38.5. The lowest BCUT2D eigenvalue weighted by molar-refractivity contribution is -0.138. The Hall–Kier alpha value is -2.90. The SMILES string of the molecule is CCOC(=O)C1=C(C)SC(=C2SC(C)=C(C)S2)S1.CCOC(=O)C1=C(C)SC(=C2SC(C)=C(C)S2)S1.N#CC(C#N)=c1ccc(=C(C#N)C#N)cc1. The Bertz CT molecular complexity index is 1930. The van der Waals surface area contributed by atoms with E-state index in [0.717, 1.165) is 19.6 Å². The van der Waals surface area contributed by atoms with Crippen LogP contribution in [0.4, 0.5) is 0 Å². The van der Waals surface area contributed by atoms with Crippen molar-refractivity contribution >= 4 is 117 Å². The van der Waals surface area contributed by atoms with E-state index in [2.05, 4.69) is 27.7 Å². The molecule has 0 aliphatic carbocycles. The lowest BCUT2D eigenvalue weighted by Crippen LogP contribution is -2.11. The van der Waals surface area contributed by atoms with Gasteiger partial charge in [0.05, 0.1) is 30.2 Å². The lowest BCUT2D eigenvalue weighted by Gasteiger charge is -2.02. The van der Waals surface area contributed by atoms with Crippen molar-refractivity contribution in [2.45, 2.75) is 55.4 Å². The Morgan fingerprint density at radius 1 is 0.481 bits per heavy atom. The molecule has 0 atom stereocenters. The Morgan fingerprint density at radius 3 is 0.981 bits per heavy atom. The van der Waals surface area contributed by atoms with Gasteiger partial charge >= 0.3 is 11.9 Å². The first-order valence-electron chi connectivity index (χ1n) is 15.3. The summed E-state index contributed by atoms with van der Waals surface area (Å²) in [7, 11) is 0. The molecule has 4 heterocycles. The minimum atomic E-state index is -0.197. The quantitative estimate of drug-likeness (QED) is 0.265. The van der Waals surface area contributed by atoms with Gasteiger partial charge in [0.1, 0.15) is 45.2 Å². The number of ether oxygens (including phenoxy) is 2. The molecule has 1 aromatic rings. The van der Waals surface area contributed by atoms with E-state index in [4.69, 9.17) is 30.5 Å². The highest BCUT2D eigenvalue weighted by molar-refractivity contribution is 8.35. The maximum Gasteiger partial charge on any atom is 0.345 e. The fourth-order valence-corrected chi connectivity index (χ4v) is 14.5. The van der Waals surface area contributed by atoms with Gasteiger partial charge in [0.2, 0.25) is 0 Å². The van der Waals surface area contributed by atoms with Crippen LogP contribution in [0.2, 0.25) is 0 Å². The maximum atomic E-state index is 11.8. The lowest BCUT2D eigenvalue weighted by atomic mass is 10.1. The summed E-state index contributed by atoms with van der Waals surface area (Å²) in [5, 5.41) is 35.5. The molecule has 0 fully saturated rings. The Kier molecular flexibility index (Phi) is 17.7. The molecule has 16 heteroatoms. The maximum absolute atomic E-state index is 11.8. The molecular weight excluding hydrogens is 809 g/mol. The minimum Gasteiger partial charge on any atom is -0.462 e. The van der Waals surface area contributed by atoms with Crippen molar-refractivity contribution in [1.82, 2.24) is 0 Å². The molecule has 8 nitrogen and oxygen atoms in total. The molecule has 1 aromatic carbocycles. The molecule has 52 heavy (non-hydrogen) atoms. The summed E-state index contributed by atoms with van der Waals surface area (Å²) in [5.41, 5.74) is 0.00373. The van der Waals surface area contributed by atoms with Gasteiger partial charge in [-0.1, -0.05) is 118 Å². The van der Waals surface area contributed by atoms with Gasteiger partial charge in [-0.15, -0.1) is 0 Å². The molecule has 0 amide bonds. The van der Waals surface area contributed by atoms with Crippen LogP contribution in [0.25, 0.3) is 11.1 Å². The van der Waals surface area contributed by atoms with E-state index in [1.165, 1.54) is 60.8 Å². The summed E-state index contributed by atoms with van der Waals surface area (Å²) in [5.74, 6) is -0.394. The predicted molar refractivity (Wildman–Crippen MR) is 225 cm³/mol. The third-order valence-corrected chi connectivity index (χ3v) is 18.2. The Balaban J connectivity index is 0.000000211. The number of benzene rings is 1. The topological polar surface area (TPSA) is 148 Å². The number of rotatable bonds is 4. The first-order valence-corrected chi connectivity index (χ1v) is 21.8. The second kappa shape index (κ2) is 21.1. The number of hydrogen-bond donors (Lipinski definition) is 0. The molecule has 4 aliphatic rings. The van der Waals surface area contributed by atoms with E-state index >= 15 is 0 Å². The molecule has 0 bridgehead atoms. The monoisotopic (exact) mass is 840 g/mol. The van der Waals surface area contributed by atoms with Crippen LogP contribution >= 0.6 is 94.1 Å². The number of thioether (sulfide) groups is 8. The van der Waals surface area contributed by atoms with E-state index in [1.54, 1.807) is 118 Å². The summed E-state index contributed by atoms with van der Waals surface area (Å²) in [4.78, 5) is 32.6. The summed E-state index contributed by atoms with van der Waals surface area (Å²) in [6, 6.07) is 13.2. The van der Waals surface area contributed by atoms with E-state index in [0.29, 0.717) is 23.7 Å². The molecule has 0 radical (unpaired) electrons. The number of carbonyl (C=O) groups excluding carboxylic acids is 2. The zero-order valence-corrected chi connectivity index (χ0v) is 35.9. The highest BCUT2D eigenvalue weighted by Gasteiger charge is 2.31. The summed E-state index contributed by atoms with van der Waals surface area (Å²) >= 11 is 13.7. The largest absolute Gasteiger partial charge is 0.462 e. The van der Waals surface area contributed by atoms with Gasteiger partial charge < -0.3 is 9.47 Å². The molecule has 0 saturated heterocycles. The fourth-order valence-electron chi connectivity index (χ4n) is 3.84. The second-order valence-corrected chi connectivity index (χ2v) is 20.6. The molecular formula is C36H32N4O4S8. The van der Waals surface area contributed by atoms with Gasteiger partial charge in [-0.2, -0.15) is 21.0 Å². The Morgan fingerprint density at radius 2 is 0.731 bits per heavy atom. The molecule has 268 valence electrons. The Labute approximate surface area is 338 Å². The zero-order valence-electron chi connectivity index (χ0n) is 29.4. The van der Waals surface area contributed by atoms with E-state index in [9.17, 15) is 9.59 Å². The van der Waals surface area contributed by atoms with Gasteiger partial charge in [-0.05, 0) is 75.0 Å². The summed E-state index contributed by atoms with van der Waals surface area (Å²) < 4.78 is 15.1. The molecule has 0 unspecified atom stereocenters. The number of esters is 2. The molecule has 0 N–H and O–H groups in total. The standard InChI is InChI=1S/C12H4N4.2C12H14O2S4/c13-5-11(6-14)9-1-2-10(4-3-9)12(7-15)8-16;2*1-5-14-10(13)9-8(4)17-12(18-9)11-15-6(2)7(3)16-11/h1-4H;2*5H2,1-4H3. The number of allylic oxidation sites excluding steroid dienone is 6. The van der Waals surface area contributed by atoms with Crippen LogP contribution < -0.4 is 10.4 Å². The first-order chi connectivity index (χ1) is 24.8. The highest BCUT2D eigenvalue weighted by atomic mass is 32.2. The van der Waals surface area contributed by atoms with Crippen LogP contribution in [0, 0.1) is 45.3 Å². The summed E-state index contributed by atoms with van der Waals surface area (Å²) in [6.07, 6.45) is 0. The van der Waals surface area contributed by atoms with E-state index < -0.39 is 0 Å². The van der Waals surface area contributed by atoms with Gasteiger partial charge in [0.15, 0.2) is 0 Å². The van der Waals surface area contributed by atoms with Crippen molar-refractivity contribution in [2.75, 3.05) is 13.2 Å². The average Bonchev–Trinajstić information content (AvgIpc) is 3.89. The van der Waals surface area contributed by atoms with Crippen molar-refractivity contribution in [3.8, 4) is 24.3 Å². The highest BCUT2D eigenvalue weighted by Crippen LogP contribution is 2.60. The van der Waals surface area contributed by atoms with Crippen LogP contribution in [0.5, 0.6) is 0 Å². The third kappa shape index (κ3) is 11.5. The predicted octanol–water partition coefficient (Wildman–Crippen LogP) is 10.3. The molecule has 5 rings (SSSR count). The average molecular weight is 841 g/mol. The second-order valence-electron chi connectivity index (χ2n) is 10.2. The van der Waals surface area contributed by atoms with Crippen molar-refractivity contribution in [3.63, 3.8) is 0 Å². The normalized spacial score (nSPS) is 16.4. The molecule has 0 spiro atoms. The van der Waals surface area contributed by atoms with Crippen molar-refractivity contribution in [3.05, 3.63) is 90.9 Å². The van der Waals surface area contributed by atoms with Gasteiger partial charge in [0.25, 0.3) is 0 Å². The summed E-state index contributed by atoms with van der Waals surface area (Å²) in [6.45, 7) is 17.0. The van der Waals surface area contributed by atoms with Gasteiger partial charge in [0, 0.05) is 20.2 Å². The van der Waals surface area contributed by atoms with Crippen LogP contribution in [-0.2, 0) is 19.1 Å². The van der Waals surface area contributed by atoms with Crippen LogP contribution in [0.3, 0.4) is 0 Å². The van der Waals surface area contributed by atoms with E-state index in [-0.39, 0.29) is 23.1 Å². The molecule has 0 saturated carbocycles. The number of nitrogens with zero attached hydrogens (tertiary/aromatic N) is 4. The minimum absolute atomic E-state index is 0.00187. The number of hydrogen-bond acceptors (Lipinski definition) is 16.